The van der Waals surface area contributed by atoms with Crippen molar-refractivity contribution in [2.75, 3.05) is 20.1 Å². The lowest BCUT2D eigenvalue weighted by atomic mass is 9.51. The van der Waals surface area contributed by atoms with Crippen LogP contribution in [-0.4, -0.2) is 59.1 Å². The molecule has 6 nitrogen and oxygen atoms in total. The van der Waals surface area contributed by atoms with Crippen LogP contribution in [0, 0.1) is 5.92 Å². The molecule has 1 saturated carbocycles. The molecule has 5 atom stereocenters. The van der Waals surface area contributed by atoms with Gasteiger partial charge < -0.3 is 19.2 Å². The standard InChI is InChI=1S/C32H34N2O4/c1-33(28(36)12-7-22-14-18-37-20-22)25-10-9-24-26-19-23-8-11-27(35)30-29(23)32(24,31(25)38-30)15-17-34(26)16-13-21-5-3-2-4-6-21/h2-8,11-12,14,18,20,24-26,31,35H,9-10,13,15-17,19H2,1H3/t24-,25+,26+,31-,32-/m0/s1. The first-order chi connectivity index (χ1) is 18.6. The second-order valence-corrected chi connectivity index (χ2v) is 11.4. The molecule has 2 aliphatic heterocycles. The van der Waals surface area contributed by atoms with E-state index in [1.165, 1.54) is 16.7 Å². The fourth-order valence-corrected chi connectivity index (χ4v) is 8.01. The molecule has 4 aliphatic rings. The number of likely N-dealkylation sites (tertiary alicyclic amines) is 1. The van der Waals surface area contributed by atoms with Gasteiger partial charge in [-0.2, -0.15) is 0 Å². The molecule has 38 heavy (non-hydrogen) atoms. The van der Waals surface area contributed by atoms with Crippen molar-refractivity contribution < 1.29 is 19.1 Å². The van der Waals surface area contributed by atoms with Crippen LogP contribution in [0.25, 0.3) is 6.08 Å². The fraction of sp³-hybridized carbons (Fsp3) is 0.406. The normalized spacial score (nSPS) is 29.2. The summed E-state index contributed by atoms with van der Waals surface area (Å²) in [6.45, 7) is 2.06. The van der Waals surface area contributed by atoms with Crippen molar-refractivity contribution in [3.63, 3.8) is 0 Å². The summed E-state index contributed by atoms with van der Waals surface area (Å²) in [7, 11) is 1.89. The average molecular weight is 511 g/mol. The van der Waals surface area contributed by atoms with E-state index in [0.717, 1.165) is 50.8 Å². The number of furan rings is 1. The predicted octanol–water partition coefficient (Wildman–Crippen LogP) is 4.81. The number of amides is 1. The van der Waals surface area contributed by atoms with Crippen molar-refractivity contribution in [1.29, 1.82) is 0 Å². The number of ether oxygens (including phenoxy) is 1. The van der Waals surface area contributed by atoms with Gasteiger partial charge >= 0.3 is 0 Å². The van der Waals surface area contributed by atoms with E-state index in [-0.39, 0.29) is 29.2 Å². The number of phenolic OH excluding ortho intramolecular Hbond substituents is 1. The average Bonchev–Trinajstić information content (AvgIpc) is 3.58. The Kier molecular flexibility index (Phi) is 5.62. The molecule has 1 N–H and O–H groups in total. The summed E-state index contributed by atoms with van der Waals surface area (Å²) >= 11 is 0. The lowest BCUT2D eigenvalue weighted by Crippen LogP contribution is -2.69. The Hall–Kier alpha value is -3.51. The van der Waals surface area contributed by atoms with E-state index in [2.05, 4.69) is 41.3 Å². The van der Waals surface area contributed by atoms with Gasteiger partial charge in [-0.05, 0) is 73.9 Å². The van der Waals surface area contributed by atoms with Crippen molar-refractivity contribution in [3.8, 4) is 11.5 Å². The van der Waals surface area contributed by atoms with Crippen molar-refractivity contribution in [1.82, 2.24) is 9.80 Å². The summed E-state index contributed by atoms with van der Waals surface area (Å²) in [6.07, 6.45) is 11.5. The highest BCUT2D eigenvalue weighted by atomic mass is 16.5. The second kappa shape index (κ2) is 9.05. The van der Waals surface area contributed by atoms with Crippen molar-refractivity contribution in [2.24, 2.45) is 5.92 Å². The molecule has 0 unspecified atom stereocenters. The van der Waals surface area contributed by atoms with Gasteiger partial charge in [-0.25, -0.2) is 0 Å². The van der Waals surface area contributed by atoms with Crippen LogP contribution < -0.4 is 4.74 Å². The molecule has 1 saturated heterocycles. The van der Waals surface area contributed by atoms with Crippen molar-refractivity contribution in [3.05, 3.63) is 89.4 Å². The van der Waals surface area contributed by atoms with E-state index in [4.69, 9.17) is 9.15 Å². The molecule has 2 aromatic carbocycles. The Morgan fingerprint density at radius 2 is 2.05 bits per heavy atom. The zero-order chi connectivity index (χ0) is 25.9. The zero-order valence-corrected chi connectivity index (χ0v) is 21.8. The summed E-state index contributed by atoms with van der Waals surface area (Å²) in [5.41, 5.74) is 4.62. The fourth-order valence-electron chi connectivity index (χ4n) is 8.01. The maximum absolute atomic E-state index is 13.3. The third-order valence-corrected chi connectivity index (χ3v) is 9.74. The van der Waals surface area contributed by atoms with Crippen molar-refractivity contribution in [2.45, 2.75) is 55.7 Å². The Morgan fingerprint density at radius 1 is 1.18 bits per heavy atom. The lowest BCUT2D eigenvalue weighted by molar-refractivity contribution is -0.135. The van der Waals surface area contributed by atoms with Gasteiger partial charge in [0.2, 0.25) is 5.91 Å². The van der Waals surface area contributed by atoms with Crippen LogP contribution in [0.15, 0.2) is 71.6 Å². The van der Waals surface area contributed by atoms with Crippen molar-refractivity contribution >= 4 is 12.0 Å². The minimum absolute atomic E-state index is 0.0392. The molecule has 196 valence electrons. The number of likely N-dealkylation sites (N-methyl/N-ethyl adjacent to an activating group) is 1. The third kappa shape index (κ3) is 3.53. The summed E-state index contributed by atoms with van der Waals surface area (Å²) in [4.78, 5) is 17.8. The molecule has 3 aromatic rings. The maximum atomic E-state index is 13.3. The van der Waals surface area contributed by atoms with Crippen LogP contribution in [0.1, 0.15) is 41.5 Å². The van der Waals surface area contributed by atoms with E-state index >= 15 is 0 Å². The van der Waals surface area contributed by atoms with E-state index in [0.29, 0.717) is 17.7 Å². The monoisotopic (exact) mass is 510 g/mol. The van der Waals surface area contributed by atoms with Gasteiger partial charge in [0.15, 0.2) is 11.5 Å². The van der Waals surface area contributed by atoms with E-state index < -0.39 is 0 Å². The Balaban J connectivity index is 1.20. The summed E-state index contributed by atoms with van der Waals surface area (Å²) in [5.74, 6) is 1.30. The number of piperidine rings is 1. The predicted molar refractivity (Wildman–Crippen MR) is 145 cm³/mol. The van der Waals surface area contributed by atoms with Gasteiger partial charge in [-0.1, -0.05) is 36.4 Å². The third-order valence-electron chi connectivity index (χ3n) is 9.74. The molecule has 2 fully saturated rings. The first kappa shape index (κ1) is 23.6. The van der Waals surface area contributed by atoms with Crippen LogP contribution >= 0.6 is 0 Å². The highest BCUT2D eigenvalue weighted by Gasteiger charge is 2.66. The molecule has 6 heteroatoms. The highest BCUT2D eigenvalue weighted by molar-refractivity contribution is 5.91. The number of hydrogen-bond donors (Lipinski definition) is 1. The smallest absolute Gasteiger partial charge is 0.246 e. The van der Waals surface area contributed by atoms with Crippen LogP contribution in [0.5, 0.6) is 11.5 Å². The number of phenols is 1. The highest BCUT2D eigenvalue weighted by Crippen LogP contribution is 2.64. The number of hydrogen-bond acceptors (Lipinski definition) is 5. The summed E-state index contributed by atoms with van der Waals surface area (Å²) < 4.78 is 11.8. The topological polar surface area (TPSA) is 66.2 Å². The van der Waals surface area contributed by atoms with E-state index in [9.17, 15) is 9.90 Å². The first-order valence-corrected chi connectivity index (χ1v) is 13.8. The quantitative estimate of drug-likeness (QED) is 0.483. The Bertz CT molecular complexity index is 1370. The van der Waals surface area contributed by atoms with Gasteiger partial charge in [-0.3, -0.25) is 9.69 Å². The Labute approximate surface area is 223 Å². The van der Waals surface area contributed by atoms with Crippen LogP contribution in [0.3, 0.4) is 0 Å². The largest absolute Gasteiger partial charge is 0.504 e. The molecule has 2 aliphatic carbocycles. The molecule has 0 radical (unpaired) electrons. The lowest BCUT2D eigenvalue weighted by Gasteiger charge is -2.60. The number of rotatable bonds is 6. The van der Waals surface area contributed by atoms with Gasteiger partial charge in [0.05, 0.1) is 18.6 Å². The maximum Gasteiger partial charge on any atom is 0.246 e. The van der Waals surface area contributed by atoms with Crippen LogP contribution in [0.4, 0.5) is 0 Å². The number of carbonyl (C=O) groups is 1. The minimum atomic E-state index is -0.165. The van der Waals surface area contributed by atoms with Crippen LogP contribution in [-0.2, 0) is 23.1 Å². The van der Waals surface area contributed by atoms with Gasteiger partial charge in [0.1, 0.15) is 6.10 Å². The van der Waals surface area contributed by atoms with Gasteiger partial charge in [0, 0.05) is 42.3 Å². The second-order valence-electron chi connectivity index (χ2n) is 11.4. The van der Waals surface area contributed by atoms with Gasteiger partial charge in [-0.15, -0.1) is 0 Å². The number of aromatic hydroxyl groups is 1. The summed E-state index contributed by atoms with van der Waals surface area (Å²) in [5, 5.41) is 10.9. The molecule has 3 heterocycles. The van der Waals surface area contributed by atoms with E-state index in [1.54, 1.807) is 30.7 Å². The number of benzene rings is 2. The molecular weight excluding hydrogens is 476 g/mol. The Morgan fingerprint density at radius 3 is 2.87 bits per heavy atom. The molecule has 7 rings (SSSR count). The minimum Gasteiger partial charge on any atom is -0.504 e. The van der Waals surface area contributed by atoms with E-state index in [1.807, 2.05) is 18.0 Å². The molecule has 2 bridgehead atoms. The molecular formula is C32H34N2O4. The number of nitrogens with zero attached hydrogens (tertiary/aromatic N) is 2. The number of carbonyl (C=O) groups excluding carboxylic acids is 1. The zero-order valence-electron chi connectivity index (χ0n) is 21.8. The SMILES string of the molecule is CN(C(=O)C=Cc1ccoc1)[C@@H]1CC[C@H]2[C@H]3Cc4ccc(O)c5c4[C@@]2(CCN3CCc2ccccc2)[C@H]1O5. The first-order valence-electron chi connectivity index (χ1n) is 13.8. The van der Waals surface area contributed by atoms with Gasteiger partial charge in [0.25, 0.3) is 0 Å². The molecule has 1 aromatic heterocycles. The molecule has 1 amide bonds. The summed E-state index contributed by atoms with van der Waals surface area (Å²) in [6, 6.07) is 16.9. The molecule has 1 spiro atoms. The van der Waals surface area contributed by atoms with Crippen LogP contribution in [0.2, 0.25) is 0 Å².